The van der Waals surface area contributed by atoms with E-state index in [1.807, 2.05) is 18.2 Å². The predicted molar refractivity (Wildman–Crippen MR) is 98.1 cm³/mol. The lowest BCUT2D eigenvalue weighted by Crippen LogP contribution is -2.42. The maximum Gasteiger partial charge on any atom is 0.230 e. The van der Waals surface area contributed by atoms with E-state index in [1.54, 1.807) is 0 Å². The normalized spacial score (nSPS) is 13.6. The van der Waals surface area contributed by atoms with Gasteiger partial charge in [-0.05, 0) is 45.9 Å². The number of hydrogen-bond donors (Lipinski definition) is 1. The van der Waals surface area contributed by atoms with E-state index < -0.39 is 0 Å². The smallest absolute Gasteiger partial charge is 0.230 e. The van der Waals surface area contributed by atoms with Crippen LogP contribution in [-0.4, -0.2) is 54.9 Å². The van der Waals surface area contributed by atoms with Crippen LogP contribution in [0.4, 0.5) is 0 Å². The molecule has 6 heteroatoms. The molecular weight excluding hydrogens is 324 g/mol. The molecule has 1 amide bonds. The zero-order valence-corrected chi connectivity index (χ0v) is 15.8. The van der Waals surface area contributed by atoms with Gasteiger partial charge < -0.3 is 14.8 Å². The number of ether oxygens (including phenoxy) is 2. The number of nitrogens with zero attached hydrogens (tertiary/aromatic N) is 1. The van der Waals surface area contributed by atoms with E-state index >= 15 is 0 Å². The lowest BCUT2D eigenvalue weighted by Gasteiger charge is -2.30. The molecule has 1 aromatic rings. The molecule has 1 aliphatic rings. The van der Waals surface area contributed by atoms with Crippen LogP contribution < -0.4 is 14.8 Å². The van der Waals surface area contributed by atoms with E-state index in [9.17, 15) is 4.79 Å². The van der Waals surface area contributed by atoms with Gasteiger partial charge in [-0.25, -0.2) is 0 Å². The summed E-state index contributed by atoms with van der Waals surface area (Å²) in [7, 11) is 0. The predicted octanol–water partition coefficient (Wildman–Crippen LogP) is 2.78. The molecule has 0 aliphatic carbocycles. The van der Waals surface area contributed by atoms with E-state index in [0.717, 1.165) is 22.9 Å². The first-order chi connectivity index (χ1) is 11.5. The van der Waals surface area contributed by atoms with Crippen LogP contribution in [-0.2, 0) is 4.79 Å². The van der Waals surface area contributed by atoms with Gasteiger partial charge in [0.2, 0.25) is 5.91 Å². The molecule has 0 bridgehead atoms. The highest BCUT2D eigenvalue weighted by Crippen LogP contribution is 2.34. The van der Waals surface area contributed by atoms with E-state index in [2.05, 4.69) is 37.9 Å². The zero-order valence-electron chi connectivity index (χ0n) is 15.0. The highest BCUT2D eigenvalue weighted by molar-refractivity contribution is 8.00. The van der Waals surface area contributed by atoms with Crippen LogP contribution in [0.25, 0.3) is 0 Å². The third kappa shape index (κ3) is 5.60. The monoisotopic (exact) mass is 352 g/mol. The lowest BCUT2D eigenvalue weighted by atomic mass is 10.2. The molecule has 2 rings (SSSR count). The summed E-state index contributed by atoms with van der Waals surface area (Å²) in [5.74, 6) is 2.00. The van der Waals surface area contributed by atoms with Gasteiger partial charge in [-0.1, -0.05) is 0 Å². The van der Waals surface area contributed by atoms with Crippen molar-refractivity contribution in [3.63, 3.8) is 0 Å². The Morgan fingerprint density at radius 3 is 2.50 bits per heavy atom. The number of benzene rings is 1. The third-order valence-electron chi connectivity index (χ3n) is 3.90. The summed E-state index contributed by atoms with van der Waals surface area (Å²) in [6, 6.07) is 6.76. The van der Waals surface area contributed by atoms with E-state index in [1.165, 1.54) is 11.8 Å². The molecule has 0 saturated carbocycles. The Bertz CT molecular complexity index is 541. The van der Waals surface area contributed by atoms with Crippen molar-refractivity contribution in [2.75, 3.05) is 32.1 Å². The van der Waals surface area contributed by atoms with Crippen LogP contribution >= 0.6 is 11.8 Å². The van der Waals surface area contributed by atoms with Crippen LogP contribution in [0, 0.1) is 0 Å². The van der Waals surface area contributed by atoms with Crippen molar-refractivity contribution in [3.05, 3.63) is 18.2 Å². The summed E-state index contributed by atoms with van der Waals surface area (Å²) in [6.07, 6.45) is 0. The summed E-state index contributed by atoms with van der Waals surface area (Å²) in [5, 5.41) is 3.00. The van der Waals surface area contributed by atoms with Crippen molar-refractivity contribution in [2.45, 2.75) is 44.7 Å². The number of nitrogens with one attached hydrogen (secondary N) is 1. The highest BCUT2D eigenvalue weighted by atomic mass is 32.2. The molecule has 0 saturated heterocycles. The first kappa shape index (κ1) is 18.9. The first-order valence-electron chi connectivity index (χ1n) is 8.52. The number of rotatable bonds is 8. The average molecular weight is 353 g/mol. The molecule has 0 unspecified atom stereocenters. The number of thioether (sulfide) groups is 1. The minimum Gasteiger partial charge on any atom is -0.486 e. The molecule has 1 aliphatic heterocycles. The Hall–Kier alpha value is -1.40. The van der Waals surface area contributed by atoms with Crippen LogP contribution in [0.3, 0.4) is 0 Å². The molecule has 134 valence electrons. The van der Waals surface area contributed by atoms with Crippen LogP contribution in [0.5, 0.6) is 11.5 Å². The fraction of sp³-hybridized carbons (Fsp3) is 0.611. The molecule has 0 aromatic heterocycles. The van der Waals surface area contributed by atoms with Crippen molar-refractivity contribution in [3.8, 4) is 11.5 Å². The zero-order chi connectivity index (χ0) is 17.5. The molecule has 5 nitrogen and oxygen atoms in total. The van der Waals surface area contributed by atoms with Crippen LogP contribution in [0.15, 0.2) is 23.1 Å². The van der Waals surface area contributed by atoms with Gasteiger partial charge in [-0.2, -0.15) is 0 Å². The summed E-state index contributed by atoms with van der Waals surface area (Å²) in [5.41, 5.74) is 0. The molecule has 1 heterocycles. The highest BCUT2D eigenvalue weighted by Gasteiger charge is 2.14. The minimum absolute atomic E-state index is 0.0577. The van der Waals surface area contributed by atoms with Crippen molar-refractivity contribution in [1.82, 2.24) is 10.2 Å². The van der Waals surface area contributed by atoms with Gasteiger partial charge >= 0.3 is 0 Å². The van der Waals surface area contributed by atoms with Crippen molar-refractivity contribution in [2.24, 2.45) is 0 Å². The Kier molecular flexibility index (Phi) is 7.24. The Morgan fingerprint density at radius 1 is 1.17 bits per heavy atom. The number of amides is 1. The molecule has 0 spiro atoms. The minimum atomic E-state index is 0.0577. The first-order valence-corrected chi connectivity index (χ1v) is 9.51. The van der Waals surface area contributed by atoms with E-state index in [-0.39, 0.29) is 5.91 Å². The van der Waals surface area contributed by atoms with Gasteiger partial charge in [0, 0.05) is 30.1 Å². The van der Waals surface area contributed by atoms with Gasteiger partial charge in [0.1, 0.15) is 13.2 Å². The molecule has 1 aromatic carbocycles. The van der Waals surface area contributed by atoms with Gasteiger partial charge in [0.05, 0.1) is 5.75 Å². The number of hydrogen-bond acceptors (Lipinski definition) is 5. The van der Waals surface area contributed by atoms with Crippen LogP contribution in [0.1, 0.15) is 27.7 Å². The second-order valence-corrected chi connectivity index (χ2v) is 7.42. The third-order valence-corrected chi connectivity index (χ3v) is 4.90. The standard InChI is InChI=1S/C18H28N2O3S/c1-13(2)20(14(3)4)8-7-19-18(21)12-24-15-5-6-16-17(11-15)23-10-9-22-16/h5-6,11,13-14H,7-10,12H2,1-4H3,(H,19,21). The van der Waals surface area contributed by atoms with Crippen molar-refractivity contribution < 1.29 is 14.3 Å². The maximum absolute atomic E-state index is 12.0. The SMILES string of the molecule is CC(C)N(CCNC(=O)CSc1ccc2c(c1)OCCO2)C(C)C. The van der Waals surface area contributed by atoms with Gasteiger partial charge in [0.15, 0.2) is 11.5 Å². The number of fused-ring (bicyclic) bond motifs is 1. The largest absolute Gasteiger partial charge is 0.486 e. The Labute approximate surface area is 149 Å². The van der Waals surface area contributed by atoms with Crippen molar-refractivity contribution >= 4 is 17.7 Å². The van der Waals surface area contributed by atoms with E-state index in [4.69, 9.17) is 9.47 Å². The second-order valence-electron chi connectivity index (χ2n) is 6.37. The van der Waals surface area contributed by atoms with Crippen LogP contribution in [0.2, 0.25) is 0 Å². The summed E-state index contributed by atoms with van der Waals surface area (Å²) in [4.78, 5) is 15.4. The number of carbonyl (C=O) groups is 1. The maximum atomic E-state index is 12.0. The molecule has 1 N–H and O–H groups in total. The summed E-state index contributed by atoms with van der Waals surface area (Å²) < 4.78 is 11.1. The molecule has 0 radical (unpaired) electrons. The topological polar surface area (TPSA) is 50.8 Å². The fourth-order valence-corrected chi connectivity index (χ4v) is 3.50. The quantitative estimate of drug-likeness (QED) is 0.729. The fourth-order valence-electron chi connectivity index (χ4n) is 2.75. The Balaban J connectivity index is 1.73. The van der Waals surface area contributed by atoms with Crippen molar-refractivity contribution in [1.29, 1.82) is 0 Å². The molecular formula is C18H28N2O3S. The summed E-state index contributed by atoms with van der Waals surface area (Å²) in [6.45, 7) is 11.4. The van der Waals surface area contributed by atoms with Gasteiger partial charge in [-0.3, -0.25) is 9.69 Å². The average Bonchev–Trinajstić information content (AvgIpc) is 2.56. The van der Waals surface area contributed by atoms with Gasteiger partial charge in [-0.15, -0.1) is 11.8 Å². The molecule has 0 fully saturated rings. The van der Waals surface area contributed by atoms with E-state index in [0.29, 0.717) is 37.6 Å². The second kappa shape index (κ2) is 9.18. The number of carbonyl (C=O) groups excluding carboxylic acids is 1. The lowest BCUT2D eigenvalue weighted by molar-refractivity contribution is -0.118. The summed E-state index contributed by atoms with van der Waals surface area (Å²) >= 11 is 1.51. The molecule has 24 heavy (non-hydrogen) atoms. The molecule has 0 atom stereocenters. The van der Waals surface area contributed by atoms with Gasteiger partial charge in [0.25, 0.3) is 0 Å². The Morgan fingerprint density at radius 2 is 1.83 bits per heavy atom.